The molecule has 30 heavy (non-hydrogen) atoms. The van der Waals surface area contributed by atoms with E-state index in [-0.39, 0.29) is 6.04 Å². The van der Waals surface area contributed by atoms with Crippen molar-refractivity contribution in [1.29, 1.82) is 0 Å². The molecule has 1 saturated heterocycles. The maximum atomic E-state index is 6.12. The van der Waals surface area contributed by atoms with Crippen LogP contribution in [0.5, 0.6) is 0 Å². The van der Waals surface area contributed by atoms with Gasteiger partial charge in [-0.3, -0.25) is 4.90 Å². The van der Waals surface area contributed by atoms with E-state index in [4.69, 9.17) is 28.8 Å². The van der Waals surface area contributed by atoms with Crippen molar-refractivity contribution in [2.75, 3.05) is 11.9 Å². The molecule has 1 fully saturated rings. The molecule has 0 saturated carbocycles. The molecule has 1 heterocycles. The first-order valence-corrected chi connectivity index (χ1v) is 11.4. The van der Waals surface area contributed by atoms with Crippen molar-refractivity contribution in [2.24, 2.45) is 4.99 Å². The Hall–Kier alpha value is -2.34. The molecule has 1 unspecified atom stereocenters. The number of halogens is 1. The van der Waals surface area contributed by atoms with Gasteiger partial charge in [0, 0.05) is 22.5 Å². The Morgan fingerprint density at radius 2 is 1.67 bits per heavy atom. The number of rotatable bonds is 4. The molecule has 152 valence electrons. The zero-order valence-corrected chi connectivity index (χ0v) is 18.9. The highest BCUT2D eigenvalue weighted by Gasteiger charge is 2.30. The lowest BCUT2D eigenvalue weighted by molar-refractivity contribution is 0.634. The SMILES string of the molecule is CC1CN(C(=S)Nc2cccc(Cl)c2)C(=NC(c2ccccc2)c2ccccc2)S1. The van der Waals surface area contributed by atoms with Crippen molar-refractivity contribution in [1.82, 2.24) is 4.90 Å². The van der Waals surface area contributed by atoms with Gasteiger partial charge in [-0.2, -0.15) is 0 Å². The fourth-order valence-electron chi connectivity index (χ4n) is 3.37. The molecule has 4 rings (SSSR count). The van der Waals surface area contributed by atoms with Crippen LogP contribution < -0.4 is 5.32 Å². The number of nitrogens with zero attached hydrogens (tertiary/aromatic N) is 2. The Kier molecular flexibility index (Phi) is 6.72. The van der Waals surface area contributed by atoms with Crippen molar-refractivity contribution >= 4 is 51.5 Å². The highest BCUT2D eigenvalue weighted by molar-refractivity contribution is 8.14. The summed E-state index contributed by atoms with van der Waals surface area (Å²) in [6.07, 6.45) is 0. The summed E-state index contributed by atoms with van der Waals surface area (Å²) in [4.78, 5) is 7.27. The van der Waals surface area contributed by atoms with Gasteiger partial charge in [0.1, 0.15) is 6.04 Å². The fourth-order valence-corrected chi connectivity index (χ4v) is 4.94. The van der Waals surface area contributed by atoms with Gasteiger partial charge in [-0.1, -0.05) is 97.0 Å². The minimum atomic E-state index is -0.0864. The average Bonchev–Trinajstić information content (AvgIpc) is 3.14. The first-order chi connectivity index (χ1) is 14.6. The van der Waals surface area contributed by atoms with Crippen LogP contribution in [-0.4, -0.2) is 27.0 Å². The molecule has 0 aliphatic carbocycles. The number of benzene rings is 3. The second-order valence-electron chi connectivity index (χ2n) is 7.12. The first-order valence-electron chi connectivity index (χ1n) is 9.78. The van der Waals surface area contributed by atoms with E-state index in [0.717, 1.165) is 28.5 Å². The second-order valence-corrected chi connectivity index (χ2v) is 9.34. The zero-order valence-electron chi connectivity index (χ0n) is 16.5. The van der Waals surface area contributed by atoms with Gasteiger partial charge in [0.25, 0.3) is 0 Å². The lowest BCUT2D eigenvalue weighted by Crippen LogP contribution is -2.36. The van der Waals surface area contributed by atoms with Crippen LogP contribution in [0.15, 0.2) is 89.9 Å². The van der Waals surface area contributed by atoms with E-state index in [1.165, 1.54) is 0 Å². The smallest absolute Gasteiger partial charge is 0.179 e. The van der Waals surface area contributed by atoms with E-state index >= 15 is 0 Å². The van der Waals surface area contributed by atoms with E-state index in [0.29, 0.717) is 15.4 Å². The standard InChI is InChI=1S/C24H22ClN3S2/c1-17-16-28(23(29)26-21-14-8-13-20(25)15-21)24(30-17)27-22(18-9-4-2-5-10-18)19-11-6-3-7-12-19/h2-15,17,22H,16H2,1H3,(H,26,29). The van der Waals surface area contributed by atoms with Crippen LogP contribution in [0.1, 0.15) is 24.1 Å². The summed E-state index contributed by atoms with van der Waals surface area (Å²) in [6.45, 7) is 3.01. The molecular formula is C24H22ClN3S2. The average molecular weight is 452 g/mol. The number of aliphatic imine (C=N–C) groups is 1. The van der Waals surface area contributed by atoms with E-state index in [1.807, 2.05) is 36.4 Å². The number of hydrogen-bond donors (Lipinski definition) is 1. The molecule has 3 nitrogen and oxygen atoms in total. The van der Waals surface area contributed by atoms with E-state index < -0.39 is 0 Å². The predicted molar refractivity (Wildman–Crippen MR) is 134 cm³/mol. The number of thioether (sulfide) groups is 1. The van der Waals surface area contributed by atoms with Crippen molar-refractivity contribution in [3.63, 3.8) is 0 Å². The number of thiocarbonyl (C=S) groups is 1. The van der Waals surface area contributed by atoms with Crippen LogP contribution in [0.25, 0.3) is 0 Å². The molecule has 3 aromatic carbocycles. The largest absolute Gasteiger partial charge is 0.332 e. The number of hydrogen-bond acceptors (Lipinski definition) is 3. The van der Waals surface area contributed by atoms with Crippen LogP contribution in [0.2, 0.25) is 5.02 Å². The zero-order chi connectivity index (χ0) is 20.9. The lowest BCUT2D eigenvalue weighted by Gasteiger charge is -2.22. The van der Waals surface area contributed by atoms with Crippen LogP contribution in [0, 0.1) is 0 Å². The van der Waals surface area contributed by atoms with Crippen LogP contribution in [0.4, 0.5) is 5.69 Å². The number of amidine groups is 1. The molecule has 1 aliphatic rings. The number of nitrogens with one attached hydrogen (secondary N) is 1. The predicted octanol–water partition coefficient (Wildman–Crippen LogP) is 6.62. The van der Waals surface area contributed by atoms with E-state index in [1.54, 1.807) is 11.8 Å². The van der Waals surface area contributed by atoms with Crippen molar-refractivity contribution in [3.8, 4) is 0 Å². The molecular weight excluding hydrogens is 430 g/mol. The monoisotopic (exact) mass is 451 g/mol. The second kappa shape index (κ2) is 9.65. The maximum absolute atomic E-state index is 6.12. The molecule has 0 amide bonds. The van der Waals surface area contributed by atoms with Crippen molar-refractivity contribution < 1.29 is 0 Å². The molecule has 1 atom stereocenters. The summed E-state index contributed by atoms with van der Waals surface area (Å²) >= 11 is 13.6. The van der Waals surface area contributed by atoms with E-state index in [9.17, 15) is 0 Å². The van der Waals surface area contributed by atoms with Gasteiger partial charge >= 0.3 is 0 Å². The van der Waals surface area contributed by atoms with Gasteiger partial charge in [0.15, 0.2) is 10.3 Å². The van der Waals surface area contributed by atoms with Crippen LogP contribution >= 0.6 is 35.6 Å². The molecule has 0 spiro atoms. The first kappa shape index (κ1) is 20.9. The van der Waals surface area contributed by atoms with Gasteiger partial charge in [0.2, 0.25) is 0 Å². The van der Waals surface area contributed by atoms with Gasteiger partial charge in [-0.15, -0.1) is 0 Å². The summed E-state index contributed by atoms with van der Waals surface area (Å²) < 4.78 is 0. The Balaban J connectivity index is 1.65. The molecule has 0 radical (unpaired) electrons. The Morgan fingerprint density at radius 1 is 1.03 bits per heavy atom. The molecule has 6 heteroatoms. The van der Waals surface area contributed by atoms with Gasteiger partial charge < -0.3 is 5.32 Å². The fraction of sp³-hybridized carbons (Fsp3) is 0.167. The summed E-state index contributed by atoms with van der Waals surface area (Å²) in [7, 11) is 0. The van der Waals surface area contributed by atoms with Gasteiger partial charge in [-0.25, -0.2) is 4.99 Å². The number of anilines is 1. The summed E-state index contributed by atoms with van der Waals surface area (Å²) in [5.41, 5.74) is 3.19. The molecule has 1 aliphatic heterocycles. The quantitative estimate of drug-likeness (QED) is 0.451. The summed E-state index contributed by atoms with van der Waals surface area (Å²) in [6, 6.07) is 28.3. The van der Waals surface area contributed by atoms with Crippen molar-refractivity contribution in [2.45, 2.75) is 18.2 Å². The van der Waals surface area contributed by atoms with Crippen LogP contribution in [-0.2, 0) is 0 Å². The molecule has 1 N–H and O–H groups in total. The van der Waals surface area contributed by atoms with Gasteiger partial charge in [-0.05, 0) is 41.5 Å². The topological polar surface area (TPSA) is 27.6 Å². The molecule has 3 aromatic rings. The maximum Gasteiger partial charge on any atom is 0.179 e. The molecule has 0 bridgehead atoms. The minimum absolute atomic E-state index is 0.0864. The lowest BCUT2D eigenvalue weighted by atomic mass is 9.99. The van der Waals surface area contributed by atoms with Gasteiger partial charge in [0.05, 0.1) is 0 Å². The van der Waals surface area contributed by atoms with Crippen LogP contribution in [0.3, 0.4) is 0 Å². The Bertz CT molecular complexity index is 1000. The third kappa shape index (κ3) is 5.04. The van der Waals surface area contributed by atoms with E-state index in [2.05, 4.69) is 65.7 Å². The highest BCUT2D eigenvalue weighted by atomic mass is 35.5. The third-order valence-electron chi connectivity index (χ3n) is 4.77. The highest BCUT2D eigenvalue weighted by Crippen LogP contribution is 2.32. The third-order valence-corrected chi connectivity index (χ3v) is 6.41. The Morgan fingerprint density at radius 3 is 2.27 bits per heavy atom. The summed E-state index contributed by atoms with van der Waals surface area (Å²) in [5.74, 6) is 0. The Labute approximate surface area is 192 Å². The van der Waals surface area contributed by atoms with Crippen molar-refractivity contribution in [3.05, 3.63) is 101 Å². The molecule has 0 aromatic heterocycles. The normalized spacial score (nSPS) is 17.5. The summed E-state index contributed by atoms with van der Waals surface area (Å²) in [5, 5.41) is 5.94. The minimum Gasteiger partial charge on any atom is -0.332 e.